The molecule has 0 unspecified atom stereocenters. The molecule has 12 atom stereocenters. The Hall–Kier alpha value is -13.3. The summed E-state index contributed by atoms with van der Waals surface area (Å²) in [6, 6.07) is 24.1. The minimum atomic E-state index is -1.47. The van der Waals surface area contributed by atoms with E-state index in [1.54, 1.807) is 144 Å². The van der Waals surface area contributed by atoms with Crippen LogP contribution in [0.4, 0.5) is 9.59 Å². The molecule has 0 spiro atoms. The maximum Gasteiger partial charge on any atom is 0.410 e. The quantitative estimate of drug-likeness (QED) is 0.0301. The molecule has 6 aromatic carbocycles. The number of carbonyl (C=O) groups excluding carboxylic acids is 12. The molecule has 6 aliphatic rings. The minimum Gasteiger partial charge on any atom is -0.487 e. The number of hydrogen-bond acceptors (Lipinski definition) is 22. The number of esters is 2. The van der Waals surface area contributed by atoms with Gasteiger partial charge < -0.3 is 70.1 Å². The fourth-order valence-electron chi connectivity index (χ4n) is 15.5. The maximum atomic E-state index is 16.0. The third-order valence-electron chi connectivity index (χ3n) is 22.7. The molecule has 34 nitrogen and oxygen atoms in total. The van der Waals surface area contributed by atoms with Gasteiger partial charge in [-0.15, -0.1) is 10.2 Å². The van der Waals surface area contributed by atoms with Crippen LogP contribution in [0.25, 0.3) is 21.5 Å². The van der Waals surface area contributed by atoms with Crippen molar-refractivity contribution in [2.45, 2.75) is 232 Å². The molecular weight excluding hydrogens is 1640 g/mol. The second-order valence-corrected chi connectivity index (χ2v) is 36.9. The second-order valence-electron chi connectivity index (χ2n) is 36.9. The van der Waals surface area contributed by atoms with Crippen LogP contribution in [-0.4, -0.2) is 233 Å². The van der Waals surface area contributed by atoms with Crippen molar-refractivity contribution in [3.63, 3.8) is 0 Å². The van der Waals surface area contributed by atoms with E-state index in [4.69, 9.17) is 28.4 Å². The van der Waals surface area contributed by atoms with E-state index in [1.165, 1.54) is 60.3 Å². The van der Waals surface area contributed by atoms with Crippen molar-refractivity contribution in [1.82, 2.24) is 81.5 Å². The fourth-order valence-corrected chi connectivity index (χ4v) is 15.5. The number of nitrogens with zero attached hydrogens (tertiary/aromatic N) is 10. The second kappa shape index (κ2) is 40.6. The van der Waals surface area contributed by atoms with Crippen molar-refractivity contribution >= 4 is 92.9 Å². The molecule has 6 N–H and O–H groups in total. The van der Waals surface area contributed by atoms with Crippen LogP contribution in [0.5, 0.6) is 11.5 Å². The predicted octanol–water partition coefficient (Wildman–Crippen LogP) is 8.32. The van der Waals surface area contributed by atoms with E-state index >= 15 is 28.8 Å². The van der Waals surface area contributed by atoms with E-state index in [-0.39, 0.29) is 82.8 Å². The molecule has 0 aliphatic carbocycles. The van der Waals surface area contributed by atoms with E-state index in [2.05, 4.69) is 59.1 Å². The normalized spacial score (nSPS) is 20.3. The summed E-state index contributed by atoms with van der Waals surface area (Å²) >= 11 is 0. The summed E-state index contributed by atoms with van der Waals surface area (Å²) in [4.78, 5) is 183. The molecule has 14 rings (SSSR count). The van der Waals surface area contributed by atoms with E-state index in [9.17, 15) is 28.8 Å². The summed E-state index contributed by atoms with van der Waals surface area (Å²) in [5, 5.41) is 38.9. The molecule has 10 amide bonds. The van der Waals surface area contributed by atoms with Gasteiger partial charge in [-0.1, -0.05) is 174 Å². The van der Waals surface area contributed by atoms with Crippen molar-refractivity contribution in [3.8, 4) is 11.5 Å². The third-order valence-corrected chi connectivity index (χ3v) is 22.7. The fraction of sp³-hybridized carbons (Fsp3) is 0.468. The van der Waals surface area contributed by atoms with Crippen LogP contribution in [0.2, 0.25) is 0 Å². The number of amides is 10. The Kier molecular flexibility index (Phi) is 30.2. The molecule has 2 aromatic heterocycles. The largest absolute Gasteiger partial charge is 0.487 e. The highest BCUT2D eigenvalue weighted by atomic mass is 16.6. The van der Waals surface area contributed by atoms with Gasteiger partial charge in [0.1, 0.15) is 114 Å². The zero-order valence-corrected chi connectivity index (χ0v) is 75.7. The van der Waals surface area contributed by atoms with E-state index < -0.39 is 166 Å². The molecule has 2 saturated heterocycles. The smallest absolute Gasteiger partial charge is 0.410 e. The Balaban J connectivity index is 0.959. The van der Waals surface area contributed by atoms with Crippen molar-refractivity contribution in [3.05, 3.63) is 192 Å². The molecule has 8 heterocycles. The lowest BCUT2D eigenvalue weighted by atomic mass is 9.85. The van der Waals surface area contributed by atoms with Gasteiger partial charge in [-0.2, -0.15) is 0 Å². The van der Waals surface area contributed by atoms with Crippen LogP contribution in [0.15, 0.2) is 159 Å². The number of aromatic nitrogens is 6. The number of hydrogen-bond donors (Lipinski definition) is 6. The lowest BCUT2D eigenvalue weighted by molar-refractivity contribution is -0.147. The molecule has 8 aromatic rings. The Morgan fingerprint density at radius 3 is 1.25 bits per heavy atom. The number of methoxy groups -OCH3 is 1. The predicted molar refractivity (Wildman–Crippen MR) is 473 cm³/mol. The van der Waals surface area contributed by atoms with Crippen molar-refractivity contribution < 1.29 is 86.0 Å². The number of likely N-dealkylation sites (tertiary alicyclic amines) is 2. The van der Waals surface area contributed by atoms with Gasteiger partial charge in [0.05, 0.1) is 31.6 Å². The van der Waals surface area contributed by atoms with Gasteiger partial charge in [0.15, 0.2) is 0 Å². The van der Waals surface area contributed by atoms with Gasteiger partial charge in [0.25, 0.3) is 0 Å². The van der Waals surface area contributed by atoms with Gasteiger partial charge in [-0.05, 0) is 147 Å². The first-order valence-electron chi connectivity index (χ1n) is 42.8. The third kappa shape index (κ3) is 24.3. The summed E-state index contributed by atoms with van der Waals surface area (Å²) < 4.78 is 37.6. The SMILES string of the molecule is C=CCOC(=O)[C@@H]1Cc2ccc(cc2)OCc2cn(nn2)[C@@H]2CCN(C(=O)[C@@H](NC(=O)[C@H](C)N(C)C(=O)OC(C)(C)C)C(C)(C)C)[C@@H]2C(=O)N[C@@H](Cc2ccc3ccccc3c2)C(=O)N[C@H](C(=O)OC)Cc2ccc(cc2)OCc2cn(nn2)[C@@H]2CCN(C(=O)[C@@H](NC(=O)[C@H](C)N(C)C(=O)OC(C)(C)C)C(C)(C)C)[C@@H]2C(=O)N[C@@H](Cc2ccc3ccccc3c2)C(=O)N1. The first-order chi connectivity index (χ1) is 60.4. The number of nitrogens with one attached hydrogen (secondary N) is 6. The average Bonchev–Trinajstić information content (AvgIpc) is 1.62. The van der Waals surface area contributed by atoms with Gasteiger partial charge in [-0.3, -0.25) is 48.2 Å². The standard InChI is InChI=1S/C94H118N16O18/c1-19-44-124-88(120)72-48-58-32-38-68(39-33-58)126-54-66-52-109(103-102-66)73-40-42-107(85(117)77(91(4,5)6)99-79(111)55(2)105(16)89(121)127-93(10,11)12)75(73)83(115)95-69(49-59-28-34-61-24-20-22-26-63(61)45-59)81(113)97-71(87(119)123-18)47-57-30-36-67(37-31-57)125-53-65-51-110(104-101-65)74-41-43-108(86(118)78(92(7,8)9)100-80(112)56(3)106(17)90(122)128-94(13,14)15)76(74)84(116)96-70(82(114)98-72)50-60-29-35-62-25-21-23-27-64(62)46-60/h19-39,45-46,51-52,55-56,69-78H,1,40-44,47-50,53-54H2,2-18H3,(H,95,115)(H,96,116)(H,97,113)(H,98,114)(H,99,111)(H,100,112)/t55-,56-,69-,70-,71-,72-,73+,74+,75-,76-,77+,78+/m0/s1. The van der Waals surface area contributed by atoms with Crippen LogP contribution in [0, 0.1) is 10.8 Å². The van der Waals surface area contributed by atoms with Crippen LogP contribution in [-0.2, 0) is 106 Å². The van der Waals surface area contributed by atoms with E-state index in [0.717, 1.165) is 31.3 Å². The van der Waals surface area contributed by atoms with Gasteiger partial charge >= 0.3 is 24.1 Å². The number of ether oxygens (including phenoxy) is 6. The number of rotatable bonds is 16. The Morgan fingerprint density at radius 1 is 0.516 bits per heavy atom. The summed E-state index contributed by atoms with van der Waals surface area (Å²) in [6.07, 6.45) is 2.58. The highest BCUT2D eigenvalue weighted by molar-refractivity contribution is 5.99. The summed E-state index contributed by atoms with van der Waals surface area (Å²) in [5.41, 5.74) is -1.01. The Labute approximate surface area is 744 Å². The van der Waals surface area contributed by atoms with Crippen LogP contribution < -0.4 is 41.4 Å². The van der Waals surface area contributed by atoms with Crippen molar-refractivity contribution in [2.75, 3.05) is 40.9 Å². The minimum absolute atomic E-state index is 0.0709. The van der Waals surface area contributed by atoms with Crippen molar-refractivity contribution in [2.24, 2.45) is 10.8 Å². The lowest BCUT2D eigenvalue weighted by Gasteiger charge is -2.37. The van der Waals surface area contributed by atoms with Crippen LogP contribution >= 0.6 is 0 Å². The Morgan fingerprint density at radius 2 is 0.891 bits per heavy atom. The van der Waals surface area contributed by atoms with Gasteiger partial charge in [0.2, 0.25) is 47.3 Å². The zero-order valence-electron chi connectivity index (χ0n) is 75.7. The molecule has 128 heavy (non-hydrogen) atoms. The topological polar surface area (TPSA) is 407 Å². The van der Waals surface area contributed by atoms with Crippen LogP contribution in [0.1, 0.15) is 155 Å². The molecule has 682 valence electrons. The molecule has 2 fully saturated rings. The average molecular weight is 1760 g/mol. The summed E-state index contributed by atoms with van der Waals surface area (Å²) in [6.45, 7) is 26.5. The molecular formula is C94H118N16O18. The molecule has 8 bridgehead atoms. The molecule has 34 heteroatoms. The summed E-state index contributed by atoms with van der Waals surface area (Å²) in [7, 11) is 3.98. The van der Waals surface area contributed by atoms with Gasteiger partial charge in [-0.25, -0.2) is 28.5 Å². The number of fused-ring (bicyclic) bond motifs is 2. The summed E-state index contributed by atoms with van der Waals surface area (Å²) in [5.74, 6) is -6.95. The molecule has 0 saturated carbocycles. The number of likely N-dealkylation sites (N-methyl/N-ethyl adjacent to an activating group) is 2. The first kappa shape index (κ1) is 95.4. The zero-order chi connectivity index (χ0) is 93.0. The maximum absolute atomic E-state index is 16.0. The monoisotopic (exact) mass is 1760 g/mol. The Bertz CT molecular complexity index is 5390. The van der Waals surface area contributed by atoms with Crippen molar-refractivity contribution in [1.29, 1.82) is 0 Å². The molecule has 6 aliphatic heterocycles. The first-order valence-corrected chi connectivity index (χ1v) is 42.8. The highest BCUT2D eigenvalue weighted by Gasteiger charge is 2.51. The van der Waals surface area contributed by atoms with Gasteiger partial charge in [0, 0.05) is 52.9 Å². The van der Waals surface area contributed by atoms with E-state index in [0.29, 0.717) is 33.8 Å². The number of carbonyl (C=O) groups is 12. The van der Waals surface area contributed by atoms with E-state index in [1.807, 2.05) is 84.9 Å². The molecule has 0 radical (unpaired) electrons. The highest BCUT2D eigenvalue weighted by Crippen LogP contribution is 2.36. The van der Waals surface area contributed by atoms with Crippen LogP contribution in [0.3, 0.4) is 0 Å². The number of benzene rings is 6. The lowest BCUT2D eigenvalue weighted by Crippen LogP contribution is -2.62.